The second-order valence-electron chi connectivity index (χ2n) is 6.17. The largest absolute Gasteiger partial charge is 0.493 e. The van der Waals surface area contributed by atoms with Crippen LogP contribution in [0.25, 0.3) is 0 Å². The lowest BCUT2D eigenvalue weighted by Crippen LogP contribution is -2.36. The lowest BCUT2D eigenvalue weighted by atomic mass is 10.1. The van der Waals surface area contributed by atoms with E-state index in [0.717, 1.165) is 15.6 Å². The Kier molecular flexibility index (Phi) is 7.48. The molecule has 2 aromatic rings. The minimum Gasteiger partial charge on any atom is -0.493 e. The van der Waals surface area contributed by atoms with E-state index >= 15 is 0 Å². The molecular weight excluding hydrogens is 396 g/mol. The molecule has 0 aromatic heterocycles. The second kappa shape index (κ2) is 9.59. The van der Waals surface area contributed by atoms with E-state index in [0.29, 0.717) is 24.6 Å². The number of ether oxygens (including phenoxy) is 2. The molecule has 1 amide bonds. The van der Waals surface area contributed by atoms with E-state index in [4.69, 9.17) is 9.47 Å². The van der Waals surface area contributed by atoms with E-state index in [2.05, 4.69) is 21.2 Å². The first-order chi connectivity index (χ1) is 12.4. The predicted molar refractivity (Wildman–Crippen MR) is 107 cm³/mol. The predicted octanol–water partition coefficient (Wildman–Crippen LogP) is 3.78. The van der Waals surface area contributed by atoms with E-state index in [1.165, 1.54) is 0 Å². The van der Waals surface area contributed by atoms with Gasteiger partial charge < -0.3 is 14.8 Å². The topological polar surface area (TPSA) is 50.8 Å². The first-order valence-corrected chi connectivity index (χ1v) is 9.17. The molecule has 0 aliphatic rings. The van der Waals surface area contributed by atoms with Crippen LogP contribution in [0, 0.1) is 0 Å². The zero-order valence-electron chi connectivity index (χ0n) is 15.6. The Morgan fingerprint density at radius 3 is 2.46 bits per heavy atom. The number of halogens is 1. The third-order valence-corrected chi connectivity index (χ3v) is 4.61. The highest BCUT2D eigenvalue weighted by Gasteiger charge is 2.15. The van der Waals surface area contributed by atoms with Crippen LogP contribution < -0.4 is 14.8 Å². The van der Waals surface area contributed by atoms with Gasteiger partial charge in [0.25, 0.3) is 0 Å². The Morgan fingerprint density at radius 1 is 1.15 bits per heavy atom. The van der Waals surface area contributed by atoms with Gasteiger partial charge in [0.15, 0.2) is 11.5 Å². The average molecular weight is 421 g/mol. The monoisotopic (exact) mass is 420 g/mol. The number of carbonyl (C=O) groups is 1. The van der Waals surface area contributed by atoms with Crippen LogP contribution in [0.4, 0.5) is 0 Å². The summed E-state index contributed by atoms with van der Waals surface area (Å²) >= 11 is 3.42. The summed E-state index contributed by atoms with van der Waals surface area (Å²) in [6.07, 6.45) is 0. The maximum Gasteiger partial charge on any atom is 0.234 e. The van der Waals surface area contributed by atoms with Gasteiger partial charge in [-0.05, 0) is 37.7 Å². The van der Waals surface area contributed by atoms with Crippen LogP contribution >= 0.6 is 15.9 Å². The van der Waals surface area contributed by atoms with Gasteiger partial charge in [0, 0.05) is 16.6 Å². The molecule has 0 radical (unpaired) electrons. The highest BCUT2D eigenvalue weighted by molar-refractivity contribution is 9.10. The molecule has 0 saturated carbocycles. The normalized spacial score (nSPS) is 11.9. The van der Waals surface area contributed by atoms with Crippen LogP contribution in [-0.2, 0) is 11.3 Å². The Morgan fingerprint density at radius 2 is 1.85 bits per heavy atom. The summed E-state index contributed by atoms with van der Waals surface area (Å²) in [7, 11) is 5.14. The van der Waals surface area contributed by atoms with Gasteiger partial charge in [-0.1, -0.05) is 40.2 Å². The zero-order chi connectivity index (χ0) is 19.1. The van der Waals surface area contributed by atoms with Crippen LogP contribution in [0.3, 0.4) is 0 Å². The third kappa shape index (κ3) is 5.47. The van der Waals surface area contributed by atoms with Crippen molar-refractivity contribution in [1.82, 2.24) is 10.2 Å². The number of hydrogen-bond acceptors (Lipinski definition) is 4. The number of methoxy groups -OCH3 is 2. The quantitative estimate of drug-likeness (QED) is 0.705. The molecule has 1 atom stereocenters. The highest BCUT2D eigenvalue weighted by Crippen LogP contribution is 2.31. The van der Waals surface area contributed by atoms with Gasteiger partial charge in [-0.15, -0.1) is 0 Å². The fourth-order valence-electron chi connectivity index (χ4n) is 2.79. The van der Waals surface area contributed by atoms with Gasteiger partial charge in [-0.25, -0.2) is 0 Å². The molecule has 0 bridgehead atoms. The summed E-state index contributed by atoms with van der Waals surface area (Å²) in [5.74, 6) is 1.36. The van der Waals surface area contributed by atoms with Crippen molar-refractivity contribution in [3.63, 3.8) is 0 Å². The number of para-hydroxylation sites is 1. The molecule has 0 spiro atoms. The van der Waals surface area contributed by atoms with Gasteiger partial charge in [0.2, 0.25) is 5.91 Å². The summed E-state index contributed by atoms with van der Waals surface area (Å²) in [5, 5.41) is 3.03. The summed E-state index contributed by atoms with van der Waals surface area (Å²) in [4.78, 5) is 14.3. The van der Waals surface area contributed by atoms with E-state index in [-0.39, 0.29) is 11.9 Å². The van der Waals surface area contributed by atoms with Crippen molar-refractivity contribution >= 4 is 21.8 Å². The number of nitrogens with one attached hydrogen (secondary N) is 1. The number of amides is 1. The summed E-state index contributed by atoms with van der Waals surface area (Å²) in [6.45, 7) is 2.86. The maximum atomic E-state index is 12.4. The number of rotatable bonds is 8. The molecule has 6 heteroatoms. The molecule has 0 aliphatic heterocycles. The van der Waals surface area contributed by atoms with E-state index in [1.54, 1.807) is 14.2 Å². The van der Waals surface area contributed by atoms with Crippen LogP contribution in [0.2, 0.25) is 0 Å². The number of hydrogen-bond donors (Lipinski definition) is 1. The van der Waals surface area contributed by atoms with E-state index < -0.39 is 0 Å². The summed E-state index contributed by atoms with van der Waals surface area (Å²) in [6, 6.07) is 13.6. The molecule has 2 aromatic carbocycles. The molecule has 0 fully saturated rings. The fourth-order valence-corrected chi connectivity index (χ4v) is 3.06. The molecule has 2 rings (SSSR count). The lowest BCUT2D eigenvalue weighted by molar-refractivity contribution is -0.122. The molecule has 0 heterocycles. The maximum absolute atomic E-state index is 12.4. The minimum atomic E-state index is -0.0460. The third-order valence-electron chi connectivity index (χ3n) is 4.09. The van der Waals surface area contributed by atoms with Crippen LogP contribution in [0.5, 0.6) is 11.5 Å². The zero-order valence-corrected chi connectivity index (χ0v) is 17.2. The fraction of sp³-hybridized carbons (Fsp3) is 0.350. The van der Waals surface area contributed by atoms with Crippen molar-refractivity contribution in [2.24, 2.45) is 0 Å². The molecule has 5 nitrogen and oxygen atoms in total. The molecular formula is C20H25BrN2O3. The van der Waals surface area contributed by atoms with Crippen LogP contribution in [0.1, 0.15) is 24.1 Å². The number of likely N-dealkylation sites (N-methyl/N-ethyl adjacent to an activating group) is 1. The van der Waals surface area contributed by atoms with E-state index in [9.17, 15) is 4.79 Å². The second-order valence-corrected chi connectivity index (χ2v) is 7.08. The van der Waals surface area contributed by atoms with Crippen LogP contribution in [0.15, 0.2) is 46.9 Å². The Hall–Kier alpha value is -2.05. The van der Waals surface area contributed by atoms with Crippen molar-refractivity contribution in [1.29, 1.82) is 0 Å². The number of benzene rings is 2. The van der Waals surface area contributed by atoms with Gasteiger partial charge in [0.05, 0.1) is 26.8 Å². The van der Waals surface area contributed by atoms with Crippen molar-refractivity contribution in [2.45, 2.75) is 19.5 Å². The molecule has 0 saturated heterocycles. The van der Waals surface area contributed by atoms with Gasteiger partial charge in [-0.3, -0.25) is 9.69 Å². The standard InChI is InChI=1S/C20H25BrN2O3/c1-14(15-8-10-17(21)11-9-15)22-19(24)13-23(2)12-16-6-5-7-18(25-3)20(16)26-4/h5-11,14H,12-13H2,1-4H3,(H,22,24)/t14-/m0/s1. The molecule has 140 valence electrons. The summed E-state index contributed by atoms with van der Waals surface area (Å²) in [5.41, 5.74) is 2.04. The smallest absolute Gasteiger partial charge is 0.234 e. The minimum absolute atomic E-state index is 0.0234. The first kappa shape index (κ1) is 20.3. The first-order valence-electron chi connectivity index (χ1n) is 8.37. The molecule has 1 N–H and O–H groups in total. The Balaban J connectivity index is 1.94. The Labute approximate surface area is 163 Å². The van der Waals surface area contributed by atoms with Gasteiger partial charge in [-0.2, -0.15) is 0 Å². The SMILES string of the molecule is COc1cccc(CN(C)CC(=O)N[C@@H](C)c2ccc(Br)cc2)c1OC. The van der Waals surface area contributed by atoms with E-state index in [1.807, 2.05) is 61.3 Å². The molecule has 0 unspecified atom stereocenters. The van der Waals surface area contributed by atoms with Crippen molar-refractivity contribution in [3.05, 3.63) is 58.1 Å². The number of carbonyl (C=O) groups excluding carboxylic acids is 1. The molecule has 0 aliphatic carbocycles. The Bertz CT molecular complexity index is 734. The lowest BCUT2D eigenvalue weighted by Gasteiger charge is -2.21. The van der Waals surface area contributed by atoms with Crippen LogP contribution in [-0.4, -0.2) is 38.6 Å². The highest BCUT2D eigenvalue weighted by atomic mass is 79.9. The van der Waals surface area contributed by atoms with Crippen molar-refractivity contribution in [2.75, 3.05) is 27.8 Å². The number of nitrogens with zero attached hydrogens (tertiary/aromatic N) is 1. The molecule has 26 heavy (non-hydrogen) atoms. The average Bonchev–Trinajstić information content (AvgIpc) is 2.61. The van der Waals surface area contributed by atoms with Crippen molar-refractivity contribution < 1.29 is 14.3 Å². The summed E-state index contributed by atoms with van der Waals surface area (Å²) < 4.78 is 11.8. The van der Waals surface area contributed by atoms with Gasteiger partial charge >= 0.3 is 0 Å². The van der Waals surface area contributed by atoms with Crippen molar-refractivity contribution in [3.8, 4) is 11.5 Å². The van der Waals surface area contributed by atoms with Gasteiger partial charge in [0.1, 0.15) is 0 Å².